The fraction of sp³-hybridized carbons (Fsp3) is 0.367. The van der Waals surface area contributed by atoms with Crippen molar-refractivity contribution < 1.29 is 14.0 Å². The summed E-state index contributed by atoms with van der Waals surface area (Å²) in [6.07, 6.45) is 5.06. The lowest BCUT2D eigenvalue weighted by atomic mass is 9.89. The van der Waals surface area contributed by atoms with E-state index in [1.807, 2.05) is 26.0 Å². The van der Waals surface area contributed by atoms with Gasteiger partial charge in [0.1, 0.15) is 11.9 Å². The van der Waals surface area contributed by atoms with Crippen LogP contribution in [0.2, 0.25) is 0 Å². The highest BCUT2D eigenvalue weighted by Gasteiger charge is 2.39. The third-order valence-electron chi connectivity index (χ3n) is 7.69. The molecule has 8 nitrogen and oxygen atoms in total. The van der Waals surface area contributed by atoms with Gasteiger partial charge in [-0.15, -0.1) is 0 Å². The van der Waals surface area contributed by atoms with Crippen LogP contribution in [0.3, 0.4) is 0 Å². The first-order chi connectivity index (χ1) is 18.8. The lowest BCUT2D eigenvalue weighted by Crippen LogP contribution is -2.43. The molecule has 0 unspecified atom stereocenters. The van der Waals surface area contributed by atoms with Gasteiger partial charge < -0.3 is 15.1 Å². The first-order valence-corrected chi connectivity index (χ1v) is 13.3. The molecule has 0 aliphatic carbocycles. The second-order valence-corrected chi connectivity index (χ2v) is 10.1. The van der Waals surface area contributed by atoms with E-state index in [2.05, 4.69) is 20.2 Å². The predicted octanol–water partition coefficient (Wildman–Crippen LogP) is 4.78. The highest BCUT2D eigenvalue weighted by atomic mass is 19.1. The third kappa shape index (κ3) is 5.19. The minimum atomic E-state index is -1.65. The van der Waals surface area contributed by atoms with E-state index in [9.17, 15) is 9.59 Å². The molecule has 3 aromatic rings. The van der Waals surface area contributed by atoms with E-state index in [4.69, 9.17) is 5.26 Å². The number of likely N-dealkylation sites (tertiary alicyclic amines) is 1. The molecule has 2 aliphatic rings. The first-order valence-electron chi connectivity index (χ1n) is 13.3. The monoisotopic (exact) mass is 526 g/mol. The van der Waals surface area contributed by atoms with Crippen molar-refractivity contribution in [1.82, 2.24) is 14.9 Å². The number of halogens is 1. The van der Waals surface area contributed by atoms with Gasteiger partial charge in [-0.3, -0.25) is 14.6 Å². The normalized spacial score (nSPS) is 16.3. The van der Waals surface area contributed by atoms with Crippen LogP contribution in [-0.2, 0) is 12.1 Å². The molecule has 2 fully saturated rings. The molecule has 4 heterocycles. The number of nitriles is 1. The zero-order valence-electron chi connectivity index (χ0n) is 22.2. The molecule has 2 amide bonds. The summed E-state index contributed by atoms with van der Waals surface area (Å²) in [6.45, 7) is 6.11. The number of anilines is 2. The van der Waals surface area contributed by atoms with E-state index >= 15 is 4.39 Å². The number of amides is 2. The third-order valence-corrected chi connectivity index (χ3v) is 7.69. The number of nitrogens with one attached hydrogen (secondary N) is 1. The maximum Gasteiger partial charge on any atom is 0.259 e. The number of hydrogen-bond acceptors (Lipinski definition) is 6. The number of carbonyl (C=O) groups excluding carboxylic acids is 2. The number of rotatable bonds is 6. The highest BCUT2D eigenvalue weighted by Crippen LogP contribution is 2.37. The Bertz CT molecular complexity index is 1440. The van der Waals surface area contributed by atoms with Gasteiger partial charge in [0, 0.05) is 62.7 Å². The van der Waals surface area contributed by atoms with Crippen LogP contribution in [0.15, 0.2) is 48.8 Å². The van der Waals surface area contributed by atoms with Crippen molar-refractivity contribution in [3.05, 3.63) is 82.3 Å². The van der Waals surface area contributed by atoms with Crippen molar-refractivity contribution >= 4 is 23.3 Å². The number of nitrogens with zero attached hydrogens (tertiary/aromatic N) is 5. The van der Waals surface area contributed by atoms with Gasteiger partial charge in [-0.25, -0.2) is 9.37 Å². The largest absolute Gasteiger partial charge is 0.356 e. The number of aromatic nitrogens is 2. The number of hydrogen-bond donors (Lipinski definition) is 1. The van der Waals surface area contributed by atoms with Crippen LogP contribution >= 0.6 is 0 Å². The molecule has 200 valence electrons. The molecule has 0 atom stereocenters. The van der Waals surface area contributed by atoms with Crippen LogP contribution in [0.4, 0.5) is 15.9 Å². The summed E-state index contributed by atoms with van der Waals surface area (Å²) in [4.78, 5) is 39.2. The molecule has 0 spiro atoms. The Balaban J connectivity index is 1.34. The maximum absolute atomic E-state index is 15.7. The fourth-order valence-corrected chi connectivity index (χ4v) is 5.17. The second-order valence-electron chi connectivity index (χ2n) is 10.1. The summed E-state index contributed by atoms with van der Waals surface area (Å²) >= 11 is 0. The molecule has 0 bridgehead atoms. The number of alkyl halides is 1. The number of pyridine rings is 2. The summed E-state index contributed by atoms with van der Waals surface area (Å²) in [6, 6.07) is 12.3. The van der Waals surface area contributed by atoms with Crippen molar-refractivity contribution in [2.45, 2.75) is 45.2 Å². The van der Waals surface area contributed by atoms with Gasteiger partial charge in [0.25, 0.3) is 11.8 Å². The van der Waals surface area contributed by atoms with Gasteiger partial charge in [-0.2, -0.15) is 5.26 Å². The highest BCUT2D eigenvalue weighted by molar-refractivity contribution is 6.08. The van der Waals surface area contributed by atoms with Gasteiger partial charge in [-0.05, 0) is 61.2 Å². The summed E-state index contributed by atoms with van der Waals surface area (Å²) < 4.78 is 15.7. The van der Waals surface area contributed by atoms with E-state index in [0.717, 1.165) is 30.6 Å². The van der Waals surface area contributed by atoms with Crippen LogP contribution in [-0.4, -0.2) is 52.9 Å². The van der Waals surface area contributed by atoms with Crippen molar-refractivity contribution in [2.75, 3.05) is 36.4 Å². The van der Waals surface area contributed by atoms with E-state index in [0.29, 0.717) is 34.6 Å². The zero-order chi connectivity index (χ0) is 27.6. The van der Waals surface area contributed by atoms with E-state index in [-0.39, 0.29) is 43.4 Å². The lowest BCUT2D eigenvalue weighted by Gasteiger charge is -2.36. The molecule has 39 heavy (non-hydrogen) atoms. The number of carbonyl (C=O) groups is 2. The first kappa shape index (κ1) is 26.3. The van der Waals surface area contributed by atoms with Crippen LogP contribution in [0, 0.1) is 18.3 Å². The molecule has 9 heteroatoms. The Hall–Kier alpha value is -4.32. The molecule has 2 aliphatic heterocycles. The maximum atomic E-state index is 15.7. The summed E-state index contributed by atoms with van der Waals surface area (Å²) in [7, 11) is 0. The average Bonchev–Trinajstić information content (AvgIpc) is 2.93. The van der Waals surface area contributed by atoms with Crippen LogP contribution in [0.5, 0.6) is 0 Å². The van der Waals surface area contributed by atoms with Crippen LogP contribution < -0.4 is 10.2 Å². The molecular formula is C30H31FN6O2. The van der Waals surface area contributed by atoms with E-state index in [1.54, 1.807) is 41.4 Å². The number of aryl methyl sites for hydroxylation is 2. The smallest absolute Gasteiger partial charge is 0.259 e. The predicted molar refractivity (Wildman–Crippen MR) is 146 cm³/mol. The quantitative estimate of drug-likeness (QED) is 0.496. The standard InChI is InChI=1S/C30H31FN6O2/c1-3-22-16-20(2)24(17-25(22)35-28(38)23-6-4-11-33-27(23)36-12-5-13-36)29(39)37-14-9-30(31,10-15-37)26-8-7-21(18-32)19-34-26/h4,6-8,11,16-17,19H,3,5,9-10,12-15H2,1-2H3,(H,35,38). The topological polar surface area (TPSA) is 102 Å². The minimum Gasteiger partial charge on any atom is -0.356 e. The Labute approximate surface area is 227 Å². The number of piperidine rings is 1. The van der Waals surface area contributed by atoms with Gasteiger partial charge in [0.15, 0.2) is 5.67 Å². The molecular weight excluding hydrogens is 495 g/mol. The van der Waals surface area contributed by atoms with Gasteiger partial charge in [-0.1, -0.05) is 13.0 Å². The summed E-state index contributed by atoms with van der Waals surface area (Å²) in [5.74, 6) is 0.211. The van der Waals surface area contributed by atoms with Crippen LogP contribution in [0.1, 0.15) is 69.3 Å². The zero-order valence-corrected chi connectivity index (χ0v) is 22.2. The van der Waals surface area contributed by atoms with Gasteiger partial charge in [0.2, 0.25) is 0 Å². The molecule has 2 aromatic heterocycles. The van der Waals surface area contributed by atoms with Gasteiger partial charge >= 0.3 is 0 Å². The fourth-order valence-electron chi connectivity index (χ4n) is 5.17. The van der Waals surface area contributed by atoms with Crippen molar-refractivity contribution in [1.29, 1.82) is 5.26 Å². The Morgan fingerprint density at radius 2 is 1.87 bits per heavy atom. The molecule has 0 radical (unpaired) electrons. The lowest BCUT2D eigenvalue weighted by molar-refractivity contribution is 0.0402. The number of benzene rings is 1. The SMILES string of the molecule is CCc1cc(C)c(C(=O)N2CCC(F)(c3ccc(C#N)cn3)CC2)cc1NC(=O)c1cccnc1N1CCC1. The molecule has 1 N–H and O–H groups in total. The Morgan fingerprint density at radius 1 is 1.10 bits per heavy atom. The Morgan fingerprint density at radius 3 is 2.49 bits per heavy atom. The molecule has 0 saturated carbocycles. The van der Waals surface area contributed by atoms with Crippen LogP contribution in [0.25, 0.3) is 0 Å². The van der Waals surface area contributed by atoms with E-state index < -0.39 is 5.67 Å². The summed E-state index contributed by atoms with van der Waals surface area (Å²) in [5.41, 5.74) is 2.33. The molecule has 2 saturated heterocycles. The average molecular weight is 527 g/mol. The van der Waals surface area contributed by atoms with Gasteiger partial charge in [0.05, 0.1) is 16.8 Å². The van der Waals surface area contributed by atoms with E-state index in [1.165, 1.54) is 6.20 Å². The van der Waals surface area contributed by atoms with Crippen molar-refractivity contribution in [2.24, 2.45) is 0 Å². The summed E-state index contributed by atoms with van der Waals surface area (Å²) in [5, 5.41) is 12.0. The molecule has 1 aromatic carbocycles. The Kier molecular flexibility index (Phi) is 7.29. The second kappa shape index (κ2) is 10.8. The minimum absolute atomic E-state index is 0.119. The van der Waals surface area contributed by atoms with Crippen molar-refractivity contribution in [3.63, 3.8) is 0 Å². The molecule has 5 rings (SSSR count). The van der Waals surface area contributed by atoms with Crippen molar-refractivity contribution in [3.8, 4) is 6.07 Å².